The predicted molar refractivity (Wildman–Crippen MR) is 82.4 cm³/mol. The highest BCUT2D eigenvalue weighted by Gasteiger charge is 2.11. The van der Waals surface area contributed by atoms with Crippen LogP contribution >= 0.6 is 0 Å². The maximum Gasteiger partial charge on any atom is 0.252 e. The number of amides is 1. The molecule has 7 heteroatoms. The molecule has 0 aliphatic rings. The molecule has 0 fully saturated rings. The minimum Gasteiger partial charge on any atom is -0.455 e. The molecule has 3 aromatic rings. The summed E-state index contributed by atoms with van der Waals surface area (Å²) in [7, 11) is 0. The van der Waals surface area contributed by atoms with Crippen LogP contribution in [0, 0.1) is 0 Å². The molecule has 0 saturated carbocycles. The van der Waals surface area contributed by atoms with E-state index in [1.807, 2.05) is 10.8 Å². The van der Waals surface area contributed by atoms with Crippen molar-refractivity contribution in [3.8, 4) is 11.6 Å². The largest absolute Gasteiger partial charge is 0.455 e. The number of imidazole rings is 1. The first-order valence-electron chi connectivity index (χ1n) is 7.17. The summed E-state index contributed by atoms with van der Waals surface area (Å²) in [6, 6.07) is 6.90. The van der Waals surface area contributed by atoms with Crippen LogP contribution in [0.2, 0.25) is 0 Å². The number of nitrogens with zero attached hydrogens (tertiary/aromatic N) is 3. The Labute approximate surface area is 132 Å². The zero-order valence-electron chi connectivity index (χ0n) is 12.3. The normalized spacial score (nSPS) is 10.7. The summed E-state index contributed by atoms with van der Waals surface area (Å²) in [6.07, 6.45) is 6.63. The highest BCUT2D eigenvalue weighted by molar-refractivity contribution is 5.93. The standard InChI is InChI=1S/C16H16N4O3/c21-11-13-3-4-14(23-13)15-18-6-8-20(15)9-7-19-16(22)12-2-1-5-17-10-12/h1-6,8,10,21H,7,9,11H2,(H,19,22). The van der Waals surface area contributed by atoms with Crippen molar-refractivity contribution < 1.29 is 14.3 Å². The van der Waals surface area contributed by atoms with Gasteiger partial charge in [0.05, 0.1) is 5.56 Å². The summed E-state index contributed by atoms with van der Waals surface area (Å²) >= 11 is 0. The molecular weight excluding hydrogens is 296 g/mol. The predicted octanol–water partition coefficient (Wildman–Crippen LogP) is 1.46. The van der Waals surface area contributed by atoms with Crippen LogP contribution in [0.1, 0.15) is 16.1 Å². The van der Waals surface area contributed by atoms with Crippen molar-refractivity contribution in [1.29, 1.82) is 0 Å². The Morgan fingerprint density at radius 2 is 2.22 bits per heavy atom. The number of nitrogens with one attached hydrogen (secondary N) is 1. The first-order valence-corrected chi connectivity index (χ1v) is 7.17. The van der Waals surface area contributed by atoms with Crippen LogP contribution in [0.25, 0.3) is 11.6 Å². The molecule has 0 saturated heterocycles. The average Bonchev–Trinajstić information content (AvgIpc) is 3.24. The van der Waals surface area contributed by atoms with Gasteiger partial charge in [0.15, 0.2) is 11.6 Å². The van der Waals surface area contributed by atoms with Gasteiger partial charge in [-0.3, -0.25) is 9.78 Å². The van der Waals surface area contributed by atoms with Crippen LogP contribution < -0.4 is 5.32 Å². The Kier molecular flexibility index (Phi) is 4.49. The average molecular weight is 312 g/mol. The number of hydrogen-bond acceptors (Lipinski definition) is 5. The van der Waals surface area contributed by atoms with Gasteiger partial charge in [-0.25, -0.2) is 4.98 Å². The maximum atomic E-state index is 11.9. The zero-order valence-corrected chi connectivity index (χ0v) is 12.3. The molecule has 1 amide bonds. The summed E-state index contributed by atoms with van der Waals surface area (Å²) in [6.45, 7) is 0.850. The second kappa shape index (κ2) is 6.89. The summed E-state index contributed by atoms with van der Waals surface area (Å²) in [5.41, 5.74) is 0.525. The second-order valence-electron chi connectivity index (χ2n) is 4.87. The number of hydrogen-bond donors (Lipinski definition) is 2. The van der Waals surface area contributed by atoms with Crippen LogP contribution in [0.4, 0.5) is 0 Å². The van der Waals surface area contributed by atoms with Crippen LogP contribution in [0.5, 0.6) is 0 Å². The number of furan rings is 1. The number of pyridine rings is 1. The van der Waals surface area contributed by atoms with Crippen molar-refractivity contribution in [1.82, 2.24) is 19.9 Å². The van der Waals surface area contributed by atoms with Crippen molar-refractivity contribution in [3.63, 3.8) is 0 Å². The summed E-state index contributed by atoms with van der Waals surface area (Å²) in [5, 5.41) is 11.9. The van der Waals surface area contributed by atoms with E-state index in [1.54, 1.807) is 36.7 Å². The van der Waals surface area contributed by atoms with E-state index in [4.69, 9.17) is 9.52 Å². The third-order valence-electron chi connectivity index (χ3n) is 3.32. The molecule has 23 heavy (non-hydrogen) atoms. The molecular formula is C16H16N4O3. The highest BCUT2D eigenvalue weighted by Crippen LogP contribution is 2.20. The Bertz CT molecular complexity index is 779. The van der Waals surface area contributed by atoms with E-state index in [2.05, 4.69) is 15.3 Å². The van der Waals surface area contributed by atoms with E-state index < -0.39 is 0 Å². The molecule has 7 nitrogen and oxygen atoms in total. The minimum absolute atomic E-state index is 0.151. The van der Waals surface area contributed by atoms with Gasteiger partial charge >= 0.3 is 0 Å². The Hall–Kier alpha value is -2.93. The number of carbonyl (C=O) groups excluding carboxylic acids is 1. The van der Waals surface area contributed by atoms with E-state index in [0.29, 0.717) is 36.0 Å². The van der Waals surface area contributed by atoms with Crippen molar-refractivity contribution in [2.24, 2.45) is 0 Å². The fourth-order valence-corrected chi connectivity index (χ4v) is 2.19. The molecule has 3 rings (SSSR count). The van der Waals surface area contributed by atoms with Crippen LogP contribution in [-0.2, 0) is 13.2 Å². The van der Waals surface area contributed by atoms with Gasteiger partial charge in [-0.2, -0.15) is 0 Å². The number of aromatic nitrogens is 3. The summed E-state index contributed by atoms with van der Waals surface area (Å²) < 4.78 is 7.36. The van der Waals surface area contributed by atoms with E-state index in [1.165, 1.54) is 6.20 Å². The molecule has 0 bridgehead atoms. The lowest BCUT2D eigenvalue weighted by atomic mass is 10.3. The minimum atomic E-state index is -0.166. The SMILES string of the molecule is O=C(NCCn1ccnc1-c1ccc(CO)o1)c1cccnc1. The van der Waals surface area contributed by atoms with E-state index in [-0.39, 0.29) is 12.5 Å². The number of carbonyl (C=O) groups is 1. The van der Waals surface area contributed by atoms with Gasteiger partial charge in [0.2, 0.25) is 0 Å². The van der Waals surface area contributed by atoms with E-state index in [0.717, 1.165) is 0 Å². The lowest BCUT2D eigenvalue weighted by Crippen LogP contribution is -2.27. The van der Waals surface area contributed by atoms with Gasteiger partial charge in [-0.1, -0.05) is 0 Å². The van der Waals surface area contributed by atoms with Crippen LogP contribution in [-0.4, -0.2) is 32.1 Å². The molecule has 0 radical (unpaired) electrons. The Morgan fingerprint density at radius 1 is 1.30 bits per heavy atom. The fourth-order valence-electron chi connectivity index (χ4n) is 2.19. The van der Waals surface area contributed by atoms with E-state index >= 15 is 0 Å². The number of aliphatic hydroxyl groups is 1. The van der Waals surface area contributed by atoms with Gasteiger partial charge in [-0.15, -0.1) is 0 Å². The van der Waals surface area contributed by atoms with Crippen molar-refractivity contribution in [2.45, 2.75) is 13.2 Å². The molecule has 118 valence electrons. The first-order chi connectivity index (χ1) is 11.3. The fraction of sp³-hybridized carbons (Fsp3) is 0.188. The summed E-state index contributed by atoms with van der Waals surface area (Å²) in [5.74, 6) is 1.55. The molecule has 0 aliphatic carbocycles. The summed E-state index contributed by atoms with van der Waals surface area (Å²) in [4.78, 5) is 20.1. The Morgan fingerprint density at radius 3 is 2.96 bits per heavy atom. The van der Waals surface area contributed by atoms with Crippen molar-refractivity contribution in [3.05, 3.63) is 60.4 Å². The monoisotopic (exact) mass is 312 g/mol. The number of rotatable bonds is 6. The third-order valence-corrected chi connectivity index (χ3v) is 3.32. The van der Waals surface area contributed by atoms with Crippen molar-refractivity contribution in [2.75, 3.05) is 6.54 Å². The van der Waals surface area contributed by atoms with Gasteiger partial charge in [-0.05, 0) is 24.3 Å². The van der Waals surface area contributed by atoms with E-state index in [9.17, 15) is 4.79 Å². The van der Waals surface area contributed by atoms with Crippen molar-refractivity contribution >= 4 is 5.91 Å². The first kappa shape index (κ1) is 15.0. The molecule has 0 atom stereocenters. The molecule has 3 heterocycles. The molecule has 0 aliphatic heterocycles. The Balaban J connectivity index is 1.61. The van der Waals surface area contributed by atoms with Gasteiger partial charge < -0.3 is 19.4 Å². The lowest BCUT2D eigenvalue weighted by Gasteiger charge is -2.08. The van der Waals surface area contributed by atoms with Crippen LogP contribution in [0.15, 0.2) is 53.5 Å². The molecule has 2 N–H and O–H groups in total. The van der Waals surface area contributed by atoms with Gasteiger partial charge in [0.25, 0.3) is 5.91 Å². The smallest absolute Gasteiger partial charge is 0.252 e. The zero-order chi connectivity index (χ0) is 16.1. The van der Waals surface area contributed by atoms with Gasteiger partial charge in [0.1, 0.15) is 12.4 Å². The van der Waals surface area contributed by atoms with Crippen LogP contribution in [0.3, 0.4) is 0 Å². The number of aliphatic hydroxyl groups excluding tert-OH is 1. The van der Waals surface area contributed by atoms with Gasteiger partial charge in [0, 0.05) is 37.9 Å². The molecule has 0 spiro atoms. The quantitative estimate of drug-likeness (QED) is 0.719. The second-order valence-corrected chi connectivity index (χ2v) is 4.87. The third kappa shape index (κ3) is 3.46. The molecule has 0 unspecified atom stereocenters. The highest BCUT2D eigenvalue weighted by atomic mass is 16.4. The maximum absolute atomic E-state index is 11.9. The topological polar surface area (TPSA) is 93.2 Å². The lowest BCUT2D eigenvalue weighted by molar-refractivity contribution is 0.0952. The molecule has 0 aromatic carbocycles. The molecule has 3 aromatic heterocycles.